The van der Waals surface area contributed by atoms with E-state index in [1.165, 1.54) is 10.4 Å². The van der Waals surface area contributed by atoms with Gasteiger partial charge in [0.1, 0.15) is 16.4 Å². The van der Waals surface area contributed by atoms with Gasteiger partial charge in [0.05, 0.1) is 5.39 Å². The van der Waals surface area contributed by atoms with Gasteiger partial charge in [0.15, 0.2) is 0 Å². The number of thiophene rings is 1. The molecule has 1 aliphatic rings. The topological polar surface area (TPSA) is 66.0 Å². The highest BCUT2D eigenvalue weighted by Crippen LogP contribution is 2.35. The predicted molar refractivity (Wildman–Crippen MR) is 88.8 cm³/mol. The Morgan fingerprint density at radius 1 is 1.23 bits per heavy atom. The first-order valence-electron chi connectivity index (χ1n) is 7.40. The standard InChI is InChI=1S/C17H16N2O2S/c1-8-6-10(7-9(2)14(8)20)15-18-16(21)13-11-4-3-5-12(11)22-17(13)19-15/h6-7,20H,3-5H2,1-2H3,(H,18,19,21). The Morgan fingerprint density at radius 2 is 1.95 bits per heavy atom. The van der Waals surface area contributed by atoms with Gasteiger partial charge in [-0.3, -0.25) is 4.79 Å². The first-order chi connectivity index (χ1) is 10.5. The number of rotatable bonds is 1. The second-order valence-electron chi connectivity index (χ2n) is 5.91. The van der Waals surface area contributed by atoms with Crippen molar-refractivity contribution in [2.45, 2.75) is 33.1 Å². The fourth-order valence-electron chi connectivity index (χ4n) is 3.23. The lowest BCUT2D eigenvalue weighted by Gasteiger charge is -2.07. The van der Waals surface area contributed by atoms with Crippen LogP contribution in [-0.2, 0) is 12.8 Å². The zero-order chi connectivity index (χ0) is 15.4. The molecule has 0 amide bonds. The fourth-order valence-corrected chi connectivity index (χ4v) is 4.49. The number of phenols is 1. The lowest BCUT2D eigenvalue weighted by molar-refractivity contribution is 0.467. The van der Waals surface area contributed by atoms with Crippen LogP contribution < -0.4 is 5.56 Å². The summed E-state index contributed by atoms with van der Waals surface area (Å²) in [4.78, 5) is 22.2. The minimum Gasteiger partial charge on any atom is -0.507 e. The molecule has 5 heteroatoms. The van der Waals surface area contributed by atoms with Crippen LogP contribution in [0, 0.1) is 13.8 Å². The molecule has 4 rings (SSSR count). The van der Waals surface area contributed by atoms with Crippen molar-refractivity contribution < 1.29 is 5.11 Å². The number of aromatic hydroxyl groups is 1. The number of aryl methyl sites for hydroxylation is 4. The second-order valence-corrected chi connectivity index (χ2v) is 6.99. The van der Waals surface area contributed by atoms with E-state index in [2.05, 4.69) is 9.97 Å². The number of phenolic OH excluding ortho intramolecular Hbond substituents is 1. The molecule has 0 bridgehead atoms. The predicted octanol–water partition coefficient (Wildman–Crippen LogP) is 3.46. The van der Waals surface area contributed by atoms with Crippen LogP contribution in [-0.4, -0.2) is 15.1 Å². The highest BCUT2D eigenvalue weighted by Gasteiger charge is 2.21. The average molecular weight is 312 g/mol. The van der Waals surface area contributed by atoms with Gasteiger partial charge in [0.2, 0.25) is 0 Å². The van der Waals surface area contributed by atoms with E-state index in [0.29, 0.717) is 11.6 Å². The summed E-state index contributed by atoms with van der Waals surface area (Å²) in [6, 6.07) is 3.71. The van der Waals surface area contributed by atoms with Gasteiger partial charge in [-0.15, -0.1) is 11.3 Å². The van der Waals surface area contributed by atoms with Crippen molar-refractivity contribution in [1.29, 1.82) is 0 Å². The Morgan fingerprint density at radius 3 is 2.68 bits per heavy atom. The SMILES string of the molecule is Cc1cc(-c2nc3sc4c(c3c(=O)[nH]2)CCC4)cc(C)c1O. The minimum atomic E-state index is -0.0530. The first kappa shape index (κ1) is 13.5. The summed E-state index contributed by atoms with van der Waals surface area (Å²) in [5, 5.41) is 10.7. The molecule has 1 aliphatic carbocycles. The summed E-state index contributed by atoms with van der Waals surface area (Å²) < 4.78 is 0. The molecule has 0 radical (unpaired) electrons. The van der Waals surface area contributed by atoms with E-state index in [4.69, 9.17) is 0 Å². The number of aromatic nitrogens is 2. The molecule has 112 valence electrons. The number of nitrogens with zero attached hydrogens (tertiary/aromatic N) is 1. The Bertz CT molecular complexity index is 946. The molecule has 3 aromatic rings. The Hall–Kier alpha value is -2.14. The molecule has 0 spiro atoms. The summed E-state index contributed by atoms with van der Waals surface area (Å²) in [5.41, 5.74) is 3.54. The van der Waals surface area contributed by atoms with Crippen molar-refractivity contribution in [3.05, 3.63) is 44.1 Å². The Balaban J connectivity index is 1.96. The van der Waals surface area contributed by atoms with E-state index >= 15 is 0 Å². The van der Waals surface area contributed by atoms with Crippen LogP contribution in [0.15, 0.2) is 16.9 Å². The highest BCUT2D eigenvalue weighted by molar-refractivity contribution is 7.18. The maximum absolute atomic E-state index is 12.5. The average Bonchev–Trinajstić information content (AvgIpc) is 3.04. The fraction of sp³-hybridized carbons (Fsp3) is 0.294. The molecule has 0 aliphatic heterocycles. The molecule has 22 heavy (non-hydrogen) atoms. The lowest BCUT2D eigenvalue weighted by Crippen LogP contribution is -2.09. The van der Waals surface area contributed by atoms with Crippen LogP contribution in [0.4, 0.5) is 0 Å². The van der Waals surface area contributed by atoms with Crippen LogP contribution >= 0.6 is 11.3 Å². The van der Waals surface area contributed by atoms with Gasteiger partial charge in [-0.25, -0.2) is 4.98 Å². The zero-order valence-electron chi connectivity index (χ0n) is 12.5. The van der Waals surface area contributed by atoms with E-state index in [9.17, 15) is 9.90 Å². The number of fused-ring (bicyclic) bond motifs is 3. The Kier molecular flexibility index (Phi) is 2.87. The van der Waals surface area contributed by atoms with Crippen LogP contribution in [0.1, 0.15) is 28.0 Å². The summed E-state index contributed by atoms with van der Waals surface area (Å²) in [5.74, 6) is 0.867. The molecule has 4 nitrogen and oxygen atoms in total. The summed E-state index contributed by atoms with van der Waals surface area (Å²) >= 11 is 1.64. The molecule has 0 saturated heterocycles. The van der Waals surface area contributed by atoms with Crippen molar-refractivity contribution in [3.63, 3.8) is 0 Å². The largest absolute Gasteiger partial charge is 0.507 e. The van der Waals surface area contributed by atoms with Crippen LogP contribution in [0.3, 0.4) is 0 Å². The smallest absolute Gasteiger partial charge is 0.260 e. The lowest BCUT2D eigenvalue weighted by atomic mass is 10.1. The van der Waals surface area contributed by atoms with Crippen molar-refractivity contribution in [3.8, 4) is 17.1 Å². The first-order valence-corrected chi connectivity index (χ1v) is 8.21. The van der Waals surface area contributed by atoms with Crippen molar-refractivity contribution in [2.75, 3.05) is 0 Å². The number of benzene rings is 1. The molecule has 0 atom stereocenters. The van der Waals surface area contributed by atoms with E-state index < -0.39 is 0 Å². The molecule has 2 aromatic heterocycles. The van der Waals surface area contributed by atoms with Crippen molar-refractivity contribution in [2.24, 2.45) is 0 Å². The van der Waals surface area contributed by atoms with Gasteiger partial charge in [0, 0.05) is 10.4 Å². The van der Waals surface area contributed by atoms with Gasteiger partial charge < -0.3 is 10.1 Å². The van der Waals surface area contributed by atoms with Gasteiger partial charge in [-0.1, -0.05) is 0 Å². The maximum atomic E-state index is 12.5. The quantitative estimate of drug-likeness (QED) is 0.723. The third kappa shape index (κ3) is 1.89. The molecule has 0 fully saturated rings. The van der Waals surface area contributed by atoms with Gasteiger partial charge in [0.25, 0.3) is 5.56 Å². The van der Waals surface area contributed by atoms with Gasteiger partial charge in [-0.05, 0) is 61.9 Å². The van der Waals surface area contributed by atoms with Crippen LogP contribution in [0.5, 0.6) is 5.75 Å². The normalized spacial score (nSPS) is 13.7. The van der Waals surface area contributed by atoms with Crippen LogP contribution in [0.2, 0.25) is 0 Å². The molecule has 1 aromatic carbocycles. The van der Waals surface area contributed by atoms with Gasteiger partial charge in [-0.2, -0.15) is 0 Å². The summed E-state index contributed by atoms with van der Waals surface area (Å²) in [6.07, 6.45) is 3.17. The number of hydrogen-bond acceptors (Lipinski definition) is 4. The minimum absolute atomic E-state index is 0.0530. The monoisotopic (exact) mass is 312 g/mol. The molecular weight excluding hydrogens is 296 g/mol. The van der Waals surface area contributed by atoms with Crippen molar-refractivity contribution >= 4 is 21.6 Å². The molecule has 2 heterocycles. The Labute approximate surface area is 131 Å². The zero-order valence-corrected chi connectivity index (χ0v) is 13.3. The second kappa shape index (κ2) is 4.68. The third-order valence-electron chi connectivity index (χ3n) is 4.34. The summed E-state index contributed by atoms with van der Waals surface area (Å²) in [7, 11) is 0. The van der Waals surface area contributed by atoms with Crippen LogP contribution in [0.25, 0.3) is 21.6 Å². The van der Waals surface area contributed by atoms with E-state index in [-0.39, 0.29) is 5.56 Å². The molecule has 0 unspecified atom stereocenters. The number of aromatic amines is 1. The molecule has 0 saturated carbocycles. The number of nitrogens with one attached hydrogen (secondary N) is 1. The van der Waals surface area contributed by atoms with Crippen molar-refractivity contribution in [1.82, 2.24) is 9.97 Å². The van der Waals surface area contributed by atoms with E-state index in [1.807, 2.05) is 26.0 Å². The summed E-state index contributed by atoms with van der Waals surface area (Å²) in [6.45, 7) is 3.70. The number of H-pyrrole nitrogens is 1. The number of hydrogen-bond donors (Lipinski definition) is 2. The maximum Gasteiger partial charge on any atom is 0.260 e. The molecular formula is C17H16N2O2S. The van der Waals surface area contributed by atoms with E-state index in [1.54, 1.807) is 11.3 Å². The van der Waals surface area contributed by atoms with Gasteiger partial charge >= 0.3 is 0 Å². The third-order valence-corrected chi connectivity index (χ3v) is 5.53. The molecule has 2 N–H and O–H groups in total. The van der Waals surface area contributed by atoms with E-state index in [0.717, 1.165) is 46.2 Å². The highest BCUT2D eigenvalue weighted by atomic mass is 32.1.